The SMILES string of the molecule is CCCCO[Si](C)(C)C1CC2CCC1C2. The fourth-order valence-electron chi connectivity index (χ4n) is 3.68. The molecule has 0 spiro atoms. The van der Waals surface area contributed by atoms with Gasteiger partial charge in [-0.15, -0.1) is 0 Å². The van der Waals surface area contributed by atoms with E-state index in [1.165, 1.54) is 38.5 Å². The predicted octanol–water partition coefficient (Wildman–Crippen LogP) is 4.20. The molecule has 2 aliphatic carbocycles. The quantitative estimate of drug-likeness (QED) is 0.504. The van der Waals surface area contributed by atoms with Gasteiger partial charge >= 0.3 is 0 Å². The van der Waals surface area contributed by atoms with Crippen LogP contribution in [0.1, 0.15) is 45.4 Å². The van der Waals surface area contributed by atoms with E-state index < -0.39 is 8.32 Å². The van der Waals surface area contributed by atoms with Crippen LogP contribution in [0.3, 0.4) is 0 Å². The first-order valence-corrected chi connectivity index (χ1v) is 9.76. The maximum atomic E-state index is 6.25. The zero-order valence-corrected chi connectivity index (χ0v) is 11.6. The van der Waals surface area contributed by atoms with E-state index in [1.54, 1.807) is 0 Å². The molecule has 15 heavy (non-hydrogen) atoms. The summed E-state index contributed by atoms with van der Waals surface area (Å²) in [4.78, 5) is 0. The number of rotatable bonds is 5. The van der Waals surface area contributed by atoms with Crippen molar-refractivity contribution in [3.63, 3.8) is 0 Å². The van der Waals surface area contributed by atoms with Crippen molar-refractivity contribution in [1.29, 1.82) is 0 Å². The lowest BCUT2D eigenvalue weighted by molar-refractivity contribution is 0.277. The molecule has 2 fully saturated rings. The summed E-state index contributed by atoms with van der Waals surface area (Å²) in [6, 6.07) is 0. The molecule has 0 aromatic heterocycles. The highest BCUT2D eigenvalue weighted by molar-refractivity contribution is 6.72. The number of hydrogen-bond acceptors (Lipinski definition) is 1. The Kier molecular flexibility index (Phi) is 3.56. The third-order valence-electron chi connectivity index (χ3n) is 4.60. The highest BCUT2D eigenvalue weighted by atomic mass is 28.4. The lowest BCUT2D eigenvalue weighted by atomic mass is 10.0. The minimum atomic E-state index is -1.36. The van der Waals surface area contributed by atoms with Crippen LogP contribution in [-0.4, -0.2) is 14.9 Å². The van der Waals surface area contributed by atoms with E-state index in [4.69, 9.17) is 4.43 Å². The molecule has 0 N–H and O–H groups in total. The van der Waals surface area contributed by atoms with Gasteiger partial charge in [0.1, 0.15) is 0 Å². The summed E-state index contributed by atoms with van der Waals surface area (Å²) in [5, 5.41) is 0. The third kappa shape index (κ3) is 2.47. The summed E-state index contributed by atoms with van der Waals surface area (Å²) in [5.41, 5.74) is 0.980. The molecule has 88 valence electrons. The van der Waals surface area contributed by atoms with Crippen molar-refractivity contribution >= 4 is 8.32 Å². The Hall–Kier alpha value is 0.177. The molecule has 0 radical (unpaired) electrons. The molecule has 0 amide bonds. The van der Waals surface area contributed by atoms with Crippen molar-refractivity contribution in [2.24, 2.45) is 11.8 Å². The van der Waals surface area contributed by atoms with Crippen molar-refractivity contribution in [2.75, 3.05) is 6.61 Å². The summed E-state index contributed by atoms with van der Waals surface area (Å²) in [6.45, 7) is 8.17. The molecule has 2 rings (SSSR count). The smallest absolute Gasteiger partial charge is 0.190 e. The van der Waals surface area contributed by atoms with Gasteiger partial charge in [0.25, 0.3) is 0 Å². The van der Waals surface area contributed by atoms with Crippen LogP contribution in [-0.2, 0) is 4.43 Å². The Labute approximate surface area is 95.7 Å². The van der Waals surface area contributed by atoms with Crippen LogP contribution >= 0.6 is 0 Å². The van der Waals surface area contributed by atoms with Gasteiger partial charge in [-0.3, -0.25) is 0 Å². The molecule has 0 aliphatic heterocycles. The number of hydrogen-bond donors (Lipinski definition) is 0. The van der Waals surface area contributed by atoms with Crippen LogP contribution in [0.15, 0.2) is 0 Å². The Balaban J connectivity index is 1.85. The molecule has 0 aromatic rings. The molecule has 2 bridgehead atoms. The summed E-state index contributed by atoms with van der Waals surface area (Å²) in [6.07, 6.45) is 8.55. The first-order valence-electron chi connectivity index (χ1n) is 6.77. The molecule has 2 saturated carbocycles. The average Bonchev–Trinajstić information content (AvgIpc) is 2.79. The van der Waals surface area contributed by atoms with Crippen molar-refractivity contribution in [2.45, 2.75) is 64.1 Å². The van der Waals surface area contributed by atoms with Gasteiger partial charge in [-0.05, 0) is 49.7 Å². The second-order valence-electron chi connectivity index (χ2n) is 6.09. The summed E-state index contributed by atoms with van der Waals surface area (Å²) in [5.74, 6) is 2.11. The molecule has 2 heteroatoms. The molecule has 0 saturated heterocycles. The van der Waals surface area contributed by atoms with Crippen LogP contribution in [0, 0.1) is 11.8 Å². The number of unbranched alkanes of at least 4 members (excludes halogenated alkanes) is 1. The highest BCUT2D eigenvalue weighted by Crippen LogP contribution is 2.55. The molecule has 2 aliphatic rings. The standard InChI is InChI=1S/C13H26OSi/c1-4-5-8-14-15(2,3)13-10-11-6-7-12(13)9-11/h11-13H,4-10H2,1-3H3. The fourth-order valence-corrected chi connectivity index (χ4v) is 6.91. The largest absolute Gasteiger partial charge is 0.417 e. The first kappa shape index (κ1) is 11.7. The van der Waals surface area contributed by atoms with Gasteiger partial charge in [0.2, 0.25) is 0 Å². The van der Waals surface area contributed by atoms with E-state index in [0.29, 0.717) is 0 Å². The maximum Gasteiger partial charge on any atom is 0.190 e. The highest BCUT2D eigenvalue weighted by Gasteiger charge is 2.48. The van der Waals surface area contributed by atoms with Gasteiger partial charge in [0.05, 0.1) is 0 Å². The van der Waals surface area contributed by atoms with Gasteiger partial charge < -0.3 is 4.43 Å². The monoisotopic (exact) mass is 226 g/mol. The lowest BCUT2D eigenvalue weighted by Crippen LogP contribution is -2.39. The summed E-state index contributed by atoms with van der Waals surface area (Å²) >= 11 is 0. The van der Waals surface area contributed by atoms with Crippen LogP contribution in [0.25, 0.3) is 0 Å². The fraction of sp³-hybridized carbons (Fsp3) is 1.00. The van der Waals surface area contributed by atoms with E-state index in [9.17, 15) is 0 Å². The Bertz CT molecular complexity index is 215. The molecular formula is C13H26OSi. The van der Waals surface area contributed by atoms with Crippen LogP contribution in [0.4, 0.5) is 0 Å². The van der Waals surface area contributed by atoms with Gasteiger partial charge in [-0.1, -0.05) is 26.2 Å². The van der Waals surface area contributed by atoms with Gasteiger partial charge in [0, 0.05) is 6.61 Å². The Morgan fingerprint density at radius 2 is 2.00 bits per heavy atom. The third-order valence-corrected chi connectivity index (χ3v) is 8.04. The van der Waals surface area contributed by atoms with E-state index in [0.717, 1.165) is 24.0 Å². The van der Waals surface area contributed by atoms with Crippen molar-refractivity contribution in [3.8, 4) is 0 Å². The number of fused-ring (bicyclic) bond motifs is 2. The predicted molar refractivity (Wildman–Crippen MR) is 67.5 cm³/mol. The van der Waals surface area contributed by atoms with Crippen LogP contribution in [0.2, 0.25) is 18.6 Å². The summed E-state index contributed by atoms with van der Waals surface area (Å²) < 4.78 is 6.25. The molecule has 0 heterocycles. The second-order valence-corrected chi connectivity index (χ2v) is 10.3. The van der Waals surface area contributed by atoms with E-state index >= 15 is 0 Å². The lowest BCUT2D eigenvalue weighted by Gasteiger charge is -2.35. The first-order chi connectivity index (χ1) is 7.13. The normalized spacial score (nSPS) is 35.0. The summed E-state index contributed by atoms with van der Waals surface area (Å²) in [7, 11) is -1.36. The van der Waals surface area contributed by atoms with Gasteiger partial charge in [0.15, 0.2) is 8.32 Å². The topological polar surface area (TPSA) is 9.23 Å². The van der Waals surface area contributed by atoms with Crippen molar-refractivity contribution in [3.05, 3.63) is 0 Å². The molecule has 1 nitrogen and oxygen atoms in total. The minimum Gasteiger partial charge on any atom is -0.417 e. The zero-order chi connectivity index (χ0) is 10.9. The van der Waals surface area contributed by atoms with Crippen molar-refractivity contribution < 1.29 is 4.43 Å². The molecule has 3 unspecified atom stereocenters. The van der Waals surface area contributed by atoms with Gasteiger partial charge in [-0.2, -0.15) is 0 Å². The minimum absolute atomic E-state index is 0.980. The maximum absolute atomic E-state index is 6.25. The van der Waals surface area contributed by atoms with Gasteiger partial charge in [-0.25, -0.2) is 0 Å². The Morgan fingerprint density at radius 3 is 2.53 bits per heavy atom. The molecule has 0 aromatic carbocycles. The van der Waals surface area contributed by atoms with Crippen molar-refractivity contribution in [1.82, 2.24) is 0 Å². The Morgan fingerprint density at radius 1 is 1.20 bits per heavy atom. The zero-order valence-electron chi connectivity index (χ0n) is 10.6. The average molecular weight is 226 g/mol. The molecule has 3 atom stereocenters. The second kappa shape index (κ2) is 4.58. The van der Waals surface area contributed by atoms with Crippen LogP contribution < -0.4 is 0 Å². The molecular weight excluding hydrogens is 200 g/mol. The van der Waals surface area contributed by atoms with E-state index in [-0.39, 0.29) is 0 Å². The van der Waals surface area contributed by atoms with Crippen LogP contribution in [0.5, 0.6) is 0 Å². The van der Waals surface area contributed by atoms with E-state index in [2.05, 4.69) is 20.0 Å². The van der Waals surface area contributed by atoms with E-state index in [1.807, 2.05) is 0 Å².